The Morgan fingerprint density at radius 2 is 1.89 bits per heavy atom. The Balaban J connectivity index is 1.62. The molecule has 0 aliphatic heterocycles. The van der Waals surface area contributed by atoms with Crippen LogP contribution in [0.5, 0.6) is 0 Å². The van der Waals surface area contributed by atoms with Gasteiger partial charge in [-0.15, -0.1) is 10.2 Å². The highest BCUT2D eigenvalue weighted by Crippen LogP contribution is 2.21. The van der Waals surface area contributed by atoms with Crippen molar-refractivity contribution in [1.82, 2.24) is 15.2 Å². The monoisotopic (exact) mass is 251 g/mol. The van der Waals surface area contributed by atoms with Gasteiger partial charge < -0.3 is 16.2 Å². The Hall–Kier alpha value is -1.43. The molecule has 0 spiro atoms. The first kappa shape index (κ1) is 13.0. The SMILES string of the molecule is Nc1nnc(CCCCOC2CCCC2)c(N)n1. The number of hydrogen-bond donors (Lipinski definition) is 2. The molecule has 1 fully saturated rings. The molecule has 0 aromatic carbocycles. The molecular formula is C12H21N5O. The first-order valence-electron chi connectivity index (χ1n) is 6.62. The van der Waals surface area contributed by atoms with Crippen LogP contribution in [0.4, 0.5) is 11.8 Å². The van der Waals surface area contributed by atoms with Crippen molar-refractivity contribution < 1.29 is 4.74 Å². The minimum Gasteiger partial charge on any atom is -0.382 e. The Kier molecular flexibility index (Phi) is 4.69. The van der Waals surface area contributed by atoms with Crippen molar-refractivity contribution in [2.75, 3.05) is 18.1 Å². The Morgan fingerprint density at radius 1 is 1.11 bits per heavy atom. The molecule has 1 aromatic rings. The molecule has 1 aliphatic rings. The van der Waals surface area contributed by atoms with Gasteiger partial charge in [-0.05, 0) is 32.1 Å². The fourth-order valence-corrected chi connectivity index (χ4v) is 2.25. The van der Waals surface area contributed by atoms with Gasteiger partial charge in [0.25, 0.3) is 0 Å². The second kappa shape index (κ2) is 6.49. The van der Waals surface area contributed by atoms with E-state index >= 15 is 0 Å². The fourth-order valence-electron chi connectivity index (χ4n) is 2.25. The molecule has 100 valence electrons. The number of ether oxygens (including phenoxy) is 1. The maximum Gasteiger partial charge on any atom is 0.242 e. The number of nitrogens with two attached hydrogens (primary N) is 2. The normalized spacial score (nSPS) is 16.2. The maximum atomic E-state index is 5.79. The van der Waals surface area contributed by atoms with E-state index in [1.807, 2.05) is 0 Å². The number of rotatable bonds is 6. The molecule has 0 bridgehead atoms. The van der Waals surface area contributed by atoms with E-state index < -0.39 is 0 Å². The number of nitrogen functional groups attached to an aromatic ring is 2. The predicted octanol–water partition coefficient (Wildman–Crippen LogP) is 1.32. The molecule has 0 saturated heterocycles. The van der Waals surface area contributed by atoms with Gasteiger partial charge in [0.15, 0.2) is 5.82 Å². The molecule has 0 radical (unpaired) electrons. The van der Waals surface area contributed by atoms with E-state index in [0.717, 1.165) is 31.6 Å². The van der Waals surface area contributed by atoms with Crippen molar-refractivity contribution >= 4 is 11.8 Å². The Bertz CT molecular complexity index is 379. The lowest BCUT2D eigenvalue weighted by Gasteiger charge is -2.10. The summed E-state index contributed by atoms with van der Waals surface area (Å²) in [7, 11) is 0. The van der Waals surface area contributed by atoms with Gasteiger partial charge in [0, 0.05) is 6.61 Å². The molecule has 1 aliphatic carbocycles. The lowest BCUT2D eigenvalue weighted by molar-refractivity contribution is 0.0559. The molecule has 0 amide bonds. The van der Waals surface area contributed by atoms with Gasteiger partial charge in [0.2, 0.25) is 5.95 Å². The highest BCUT2D eigenvalue weighted by molar-refractivity contribution is 5.36. The smallest absolute Gasteiger partial charge is 0.242 e. The van der Waals surface area contributed by atoms with Crippen LogP contribution in [0.25, 0.3) is 0 Å². The zero-order valence-electron chi connectivity index (χ0n) is 10.6. The van der Waals surface area contributed by atoms with Crippen LogP contribution in [0.2, 0.25) is 0 Å². The molecule has 6 heteroatoms. The van der Waals surface area contributed by atoms with E-state index in [2.05, 4.69) is 15.2 Å². The zero-order chi connectivity index (χ0) is 12.8. The summed E-state index contributed by atoms with van der Waals surface area (Å²) in [6, 6.07) is 0. The first-order chi connectivity index (χ1) is 8.75. The van der Waals surface area contributed by atoms with Crippen molar-refractivity contribution in [3.8, 4) is 0 Å². The second-order valence-electron chi connectivity index (χ2n) is 4.74. The molecular weight excluding hydrogens is 230 g/mol. The Morgan fingerprint density at radius 3 is 2.61 bits per heavy atom. The highest BCUT2D eigenvalue weighted by Gasteiger charge is 2.14. The van der Waals surface area contributed by atoms with Crippen LogP contribution in [0.1, 0.15) is 44.2 Å². The van der Waals surface area contributed by atoms with E-state index in [9.17, 15) is 0 Å². The summed E-state index contributed by atoms with van der Waals surface area (Å²) in [5.41, 5.74) is 11.8. The van der Waals surface area contributed by atoms with Crippen molar-refractivity contribution in [1.29, 1.82) is 0 Å². The van der Waals surface area contributed by atoms with Crippen LogP contribution < -0.4 is 11.5 Å². The van der Waals surface area contributed by atoms with Gasteiger partial charge in [0.05, 0.1) is 6.10 Å². The zero-order valence-corrected chi connectivity index (χ0v) is 10.6. The first-order valence-corrected chi connectivity index (χ1v) is 6.62. The van der Waals surface area contributed by atoms with Crippen molar-refractivity contribution in [3.05, 3.63) is 5.69 Å². The minimum absolute atomic E-state index is 0.126. The van der Waals surface area contributed by atoms with Crippen LogP contribution in [-0.4, -0.2) is 27.9 Å². The van der Waals surface area contributed by atoms with Crippen LogP contribution in [0.15, 0.2) is 0 Å². The highest BCUT2D eigenvalue weighted by atomic mass is 16.5. The summed E-state index contributed by atoms with van der Waals surface area (Å²) >= 11 is 0. The molecule has 18 heavy (non-hydrogen) atoms. The number of aryl methyl sites for hydroxylation is 1. The third-order valence-corrected chi connectivity index (χ3v) is 3.27. The van der Waals surface area contributed by atoms with Crippen LogP contribution in [-0.2, 0) is 11.2 Å². The standard InChI is InChI=1S/C12H21N5O/c13-11-10(16-17-12(14)15-11)7-3-4-8-18-9-5-1-2-6-9/h9H,1-8H2,(H4,13,14,15,17). The van der Waals surface area contributed by atoms with Crippen LogP contribution >= 0.6 is 0 Å². The van der Waals surface area contributed by atoms with Gasteiger partial charge in [0.1, 0.15) is 5.69 Å². The van der Waals surface area contributed by atoms with E-state index in [1.54, 1.807) is 0 Å². The third-order valence-electron chi connectivity index (χ3n) is 3.27. The number of hydrogen-bond acceptors (Lipinski definition) is 6. The lowest BCUT2D eigenvalue weighted by Crippen LogP contribution is -2.10. The topological polar surface area (TPSA) is 99.9 Å². The molecule has 1 saturated carbocycles. The van der Waals surface area contributed by atoms with Crippen molar-refractivity contribution in [3.63, 3.8) is 0 Å². The van der Waals surface area contributed by atoms with Gasteiger partial charge in [-0.25, -0.2) is 0 Å². The quantitative estimate of drug-likeness (QED) is 0.739. The predicted molar refractivity (Wildman–Crippen MR) is 69.8 cm³/mol. The average molecular weight is 251 g/mol. The van der Waals surface area contributed by atoms with E-state index in [4.69, 9.17) is 16.2 Å². The molecule has 1 aromatic heterocycles. The molecule has 1 heterocycles. The van der Waals surface area contributed by atoms with E-state index in [0.29, 0.717) is 11.9 Å². The second-order valence-corrected chi connectivity index (χ2v) is 4.74. The number of nitrogens with zero attached hydrogens (tertiary/aromatic N) is 3. The van der Waals surface area contributed by atoms with Crippen molar-refractivity contribution in [2.45, 2.75) is 51.0 Å². The average Bonchev–Trinajstić information content (AvgIpc) is 2.84. The summed E-state index contributed by atoms with van der Waals surface area (Å²) in [5, 5.41) is 7.66. The Labute approximate surface area is 107 Å². The molecule has 0 atom stereocenters. The number of anilines is 2. The largest absolute Gasteiger partial charge is 0.382 e. The van der Waals surface area contributed by atoms with Crippen molar-refractivity contribution in [2.24, 2.45) is 0 Å². The number of unbranched alkanes of at least 4 members (excludes halogenated alkanes) is 1. The minimum atomic E-state index is 0.126. The third kappa shape index (κ3) is 3.80. The molecule has 4 N–H and O–H groups in total. The summed E-state index contributed by atoms with van der Waals surface area (Å²) in [6.45, 7) is 0.820. The summed E-state index contributed by atoms with van der Waals surface area (Å²) in [5.74, 6) is 0.514. The molecule has 0 unspecified atom stereocenters. The molecule has 2 rings (SSSR count). The fraction of sp³-hybridized carbons (Fsp3) is 0.750. The van der Waals surface area contributed by atoms with Gasteiger partial charge >= 0.3 is 0 Å². The van der Waals surface area contributed by atoms with E-state index in [1.165, 1.54) is 25.7 Å². The summed E-state index contributed by atoms with van der Waals surface area (Å²) in [6.07, 6.45) is 8.34. The maximum absolute atomic E-state index is 5.79. The van der Waals surface area contributed by atoms with Crippen LogP contribution in [0.3, 0.4) is 0 Å². The van der Waals surface area contributed by atoms with Gasteiger partial charge in [-0.2, -0.15) is 4.98 Å². The van der Waals surface area contributed by atoms with Gasteiger partial charge in [-0.1, -0.05) is 12.8 Å². The number of aromatic nitrogens is 3. The van der Waals surface area contributed by atoms with Gasteiger partial charge in [-0.3, -0.25) is 0 Å². The molecule has 6 nitrogen and oxygen atoms in total. The van der Waals surface area contributed by atoms with E-state index in [-0.39, 0.29) is 5.95 Å². The summed E-state index contributed by atoms with van der Waals surface area (Å²) in [4.78, 5) is 3.89. The lowest BCUT2D eigenvalue weighted by atomic mass is 10.2. The summed E-state index contributed by atoms with van der Waals surface area (Å²) < 4.78 is 5.79. The van der Waals surface area contributed by atoms with Crippen LogP contribution in [0, 0.1) is 0 Å².